The van der Waals surface area contributed by atoms with Gasteiger partial charge in [0.15, 0.2) is 0 Å². The Balaban J connectivity index is 3.00. The van der Waals surface area contributed by atoms with E-state index in [-0.39, 0.29) is 12.0 Å². The number of rotatable bonds is 3. The van der Waals surface area contributed by atoms with Crippen LogP contribution in [0.1, 0.15) is 12.5 Å². The van der Waals surface area contributed by atoms with E-state index in [1.54, 1.807) is 0 Å². The first-order valence-electron chi connectivity index (χ1n) is 4.31. The maximum atomic E-state index is 13.1. The van der Waals surface area contributed by atoms with Crippen LogP contribution < -0.4 is 0 Å². The molecule has 82 valence electrons. The number of aromatic hydroxyl groups is 1. The number of carboxylic acids is 1. The monoisotopic (exact) mass is 216 g/mol. The number of carboxylic acid groups (broad SMARTS) is 1. The Morgan fingerprint density at radius 2 is 2.07 bits per heavy atom. The van der Waals surface area contributed by atoms with Crippen molar-refractivity contribution in [3.8, 4) is 5.75 Å². The van der Waals surface area contributed by atoms with Crippen molar-refractivity contribution in [3.05, 3.63) is 29.3 Å². The number of aliphatic carboxylic acids is 1. The topological polar surface area (TPSA) is 57.5 Å². The van der Waals surface area contributed by atoms with Gasteiger partial charge >= 0.3 is 5.97 Å². The Bertz CT molecular complexity index is 367. The van der Waals surface area contributed by atoms with Gasteiger partial charge in [0.05, 0.1) is 5.92 Å². The second-order valence-electron chi connectivity index (χ2n) is 3.33. The molecule has 0 saturated heterocycles. The average Bonchev–Trinajstić information content (AvgIpc) is 2.10. The molecule has 1 unspecified atom stereocenters. The van der Waals surface area contributed by atoms with Gasteiger partial charge in [0, 0.05) is 17.7 Å². The van der Waals surface area contributed by atoms with E-state index in [1.807, 2.05) is 0 Å². The van der Waals surface area contributed by atoms with Gasteiger partial charge in [-0.3, -0.25) is 4.79 Å². The summed E-state index contributed by atoms with van der Waals surface area (Å²) >= 11 is 0. The summed E-state index contributed by atoms with van der Waals surface area (Å²) in [5.74, 6) is -4.31. The molecule has 5 heteroatoms. The van der Waals surface area contributed by atoms with Crippen molar-refractivity contribution in [2.45, 2.75) is 13.3 Å². The van der Waals surface area contributed by atoms with Gasteiger partial charge in [0.2, 0.25) is 0 Å². The van der Waals surface area contributed by atoms with Crippen LogP contribution >= 0.6 is 0 Å². The maximum absolute atomic E-state index is 13.1. The fourth-order valence-electron chi connectivity index (χ4n) is 1.19. The molecule has 0 aromatic heterocycles. The minimum absolute atomic E-state index is 0.173. The Morgan fingerprint density at radius 1 is 1.47 bits per heavy atom. The average molecular weight is 216 g/mol. The molecule has 15 heavy (non-hydrogen) atoms. The second kappa shape index (κ2) is 4.25. The summed E-state index contributed by atoms with van der Waals surface area (Å²) in [6, 6.07) is 1.37. The van der Waals surface area contributed by atoms with Crippen LogP contribution in [0.5, 0.6) is 5.75 Å². The lowest BCUT2D eigenvalue weighted by Gasteiger charge is -2.09. The maximum Gasteiger partial charge on any atom is 0.306 e. The third-order valence-electron chi connectivity index (χ3n) is 2.07. The number of phenolic OH excluding ortho intramolecular Hbond substituents is 1. The fourth-order valence-corrected chi connectivity index (χ4v) is 1.19. The van der Waals surface area contributed by atoms with Crippen molar-refractivity contribution in [1.82, 2.24) is 0 Å². The zero-order chi connectivity index (χ0) is 11.6. The number of hydrogen-bond donors (Lipinski definition) is 2. The van der Waals surface area contributed by atoms with E-state index < -0.39 is 29.3 Å². The van der Waals surface area contributed by atoms with Crippen molar-refractivity contribution in [2.24, 2.45) is 5.92 Å². The molecule has 0 aliphatic rings. The summed E-state index contributed by atoms with van der Waals surface area (Å²) in [6.45, 7) is 1.38. The van der Waals surface area contributed by atoms with Crippen LogP contribution in [-0.2, 0) is 11.2 Å². The molecule has 0 fully saturated rings. The van der Waals surface area contributed by atoms with E-state index in [4.69, 9.17) is 5.11 Å². The highest BCUT2D eigenvalue weighted by atomic mass is 19.1. The van der Waals surface area contributed by atoms with Crippen molar-refractivity contribution in [1.29, 1.82) is 0 Å². The van der Waals surface area contributed by atoms with E-state index in [9.17, 15) is 18.7 Å². The fraction of sp³-hybridized carbons (Fsp3) is 0.300. The van der Waals surface area contributed by atoms with E-state index in [2.05, 4.69) is 0 Å². The summed E-state index contributed by atoms with van der Waals surface area (Å²) in [5, 5.41) is 17.8. The van der Waals surface area contributed by atoms with Gasteiger partial charge in [-0.1, -0.05) is 6.92 Å². The molecule has 1 aromatic rings. The Morgan fingerprint density at radius 3 is 2.53 bits per heavy atom. The zero-order valence-corrected chi connectivity index (χ0v) is 8.00. The number of carbonyl (C=O) groups is 1. The first kappa shape index (κ1) is 11.4. The van der Waals surface area contributed by atoms with Crippen LogP contribution in [0.4, 0.5) is 8.78 Å². The standard InChI is InChI=1S/C10H10F2O3/c1-5(10(14)15)2-7-8(12)3-6(11)4-9(7)13/h3-5,13H,2H2,1H3,(H,14,15). The van der Waals surface area contributed by atoms with Crippen LogP contribution in [-0.4, -0.2) is 16.2 Å². The molecule has 0 spiro atoms. The predicted molar refractivity (Wildman–Crippen MR) is 48.5 cm³/mol. The molecule has 2 N–H and O–H groups in total. The summed E-state index contributed by atoms with van der Waals surface area (Å²) in [6.07, 6.45) is -0.173. The molecular formula is C10H10F2O3. The van der Waals surface area contributed by atoms with E-state index in [0.29, 0.717) is 6.07 Å². The summed E-state index contributed by atoms with van der Waals surface area (Å²) in [7, 11) is 0. The van der Waals surface area contributed by atoms with Crippen LogP contribution in [0.3, 0.4) is 0 Å². The highest BCUT2D eigenvalue weighted by Crippen LogP contribution is 2.24. The van der Waals surface area contributed by atoms with Crippen molar-refractivity contribution < 1.29 is 23.8 Å². The number of halogens is 2. The molecule has 0 saturated carbocycles. The zero-order valence-electron chi connectivity index (χ0n) is 8.00. The highest BCUT2D eigenvalue weighted by molar-refractivity contribution is 5.70. The van der Waals surface area contributed by atoms with Crippen LogP contribution in [0.15, 0.2) is 12.1 Å². The Kier molecular flexibility index (Phi) is 3.24. The van der Waals surface area contributed by atoms with Crippen LogP contribution in [0.2, 0.25) is 0 Å². The summed E-state index contributed by atoms with van der Waals surface area (Å²) in [5.41, 5.74) is -0.175. The molecule has 0 radical (unpaired) electrons. The molecule has 0 heterocycles. The van der Waals surface area contributed by atoms with Gasteiger partial charge in [-0.25, -0.2) is 8.78 Å². The molecule has 1 atom stereocenters. The van der Waals surface area contributed by atoms with Gasteiger partial charge in [-0.15, -0.1) is 0 Å². The van der Waals surface area contributed by atoms with Gasteiger partial charge in [-0.05, 0) is 6.42 Å². The summed E-state index contributed by atoms with van der Waals surface area (Å²) in [4.78, 5) is 10.5. The molecule has 1 aromatic carbocycles. The second-order valence-corrected chi connectivity index (χ2v) is 3.33. The quantitative estimate of drug-likeness (QED) is 0.811. The molecule has 0 aliphatic carbocycles. The lowest BCUT2D eigenvalue weighted by atomic mass is 10.00. The molecule has 1 rings (SSSR count). The minimum Gasteiger partial charge on any atom is -0.507 e. The first-order chi connectivity index (χ1) is 6.91. The lowest BCUT2D eigenvalue weighted by Crippen LogP contribution is -2.13. The van der Waals surface area contributed by atoms with Crippen molar-refractivity contribution in [3.63, 3.8) is 0 Å². The molecule has 3 nitrogen and oxygen atoms in total. The smallest absolute Gasteiger partial charge is 0.306 e. The number of phenols is 1. The van der Waals surface area contributed by atoms with E-state index in [0.717, 1.165) is 6.07 Å². The van der Waals surface area contributed by atoms with E-state index in [1.165, 1.54) is 6.92 Å². The molecule has 0 bridgehead atoms. The van der Waals surface area contributed by atoms with Crippen molar-refractivity contribution >= 4 is 5.97 Å². The highest BCUT2D eigenvalue weighted by Gasteiger charge is 2.18. The third kappa shape index (κ3) is 2.65. The molecule has 0 amide bonds. The largest absolute Gasteiger partial charge is 0.507 e. The number of hydrogen-bond acceptors (Lipinski definition) is 2. The van der Waals surface area contributed by atoms with Gasteiger partial charge < -0.3 is 10.2 Å². The van der Waals surface area contributed by atoms with Crippen LogP contribution in [0.25, 0.3) is 0 Å². The Hall–Kier alpha value is -1.65. The van der Waals surface area contributed by atoms with Crippen molar-refractivity contribution in [2.75, 3.05) is 0 Å². The molecular weight excluding hydrogens is 206 g/mol. The Labute approximate surface area is 85.0 Å². The minimum atomic E-state index is -1.10. The molecule has 0 aliphatic heterocycles. The normalized spacial score (nSPS) is 12.5. The van der Waals surface area contributed by atoms with Gasteiger partial charge in [0.1, 0.15) is 17.4 Å². The lowest BCUT2D eigenvalue weighted by molar-refractivity contribution is -0.141. The first-order valence-corrected chi connectivity index (χ1v) is 4.31. The van der Waals surface area contributed by atoms with Gasteiger partial charge in [0.25, 0.3) is 0 Å². The summed E-state index contributed by atoms with van der Waals surface area (Å²) < 4.78 is 25.7. The van der Waals surface area contributed by atoms with Crippen LogP contribution in [0, 0.1) is 17.6 Å². The van der Waals surface area contributed by atoms with E-state index >= 15 is 0 Å². The SMILES string of the molecule is CC(Cc1c(O)cc(F)cc1F)C(=O)O. The third-order valence-corrected chi connectivity index (χ3v) is 2.07. The predicted octanol–water partition coefficient (Wildman–Crippen LogP) is 1.93. The number of benzene rings is 1. The van der Waals surface area contributed by atoms with Gasteiger partial charge in [-0.2, -0.15) is 0 Å².